The van der Waals surface area contributed by atoms with Gasteiger partial charge in [0, 0.05) is 30.8 Å². The second-order valence-electron chi connectivity index (χ2n) is 7.14. The fraction of sp³-hybridized carbons (Fsp3) is 0.381. The monoisotopic (exact) mass is 364 g/mol. The van der Waals surface area contributed by atoms with Crippen LogP contribution in [0.5, 0.6) is 0 Å². The molecule has 27 heavy (non-hydrogen) atoms. The van der Waals surface area contributed by atoms with Crippen LogP contribution >= 0.6 is 0 Å². The third kappa shape index (κ3) is 3.16. The number of carbonyl (C=O) groups excluding carboxylic acids is 1. The molecule has 0 saturated carbocycles. The lowest BCUT2D eigenvalue weighted by atomic mass is 9.91. The maximum atomic E-state index is 12.9. The van der Waals surface area contributed by atoms with Crippen molar-refractivity contribution in [2.75, 3.05) is 18.8 Å². The maximum absolute atomic E-state index is 12.9. The van der Waals surface area contributed by atoms with Crippen molar-refractivity contribution >= 4 is 22.5 Å². The maximum Gasteiger partial charge on any atom is 0.259 e. The standard InChI is InChI=1S/C21H24N4O2/c1-3-18-19(13(2)24-27-18)21(26)25-10-8-14(9-11-25)20-16(22)12-15-6-4-5-7-17(15)23-20/h4-7,12,14H,3,8-11,22H2,1-2H3. The van der Waals surface area contributed by atoms with Crippen molar-refractivity contribution in [2.45, 2.75) is 39.0 Å². The van der Waals surface area contributed by atoms with E-state index in [1.54, 1.807) is 0 Å². The highest BCUT2D eigenvalue weighted by atomic mass is 16.5. The molecule has 1 fully saturated rings. The molecule has 1 aliphatic heterocycles. The second-order valence-corrected chi connectivity index (χ2v) is 7.14. The fourth-order valence-corrected chi connectivity index (χ4v) is 3.92. The molecule has 0 atom stereocenters. The van der Waals surface area contributed by atoms with Crippen LogP contribution < -0.4 is 5.73 Å². The Morgan fingerprint density at radius 3 is 2.78 bits per heavy atom. The van der Waals surface area contributed by atoms with E-state index >= 15 is 0 Å². The highest BCUT2D eigenvalue weighted by Crippen LogP contribution is 2.33. The van der Waals surface area contributed by atoms with Gasteiger partial charge >= 0.3 is 0 Å². The summed E-state index contributed by atoms with van der Waals surface area (Å²) in [6.45, 7) is 5.16. The third-order valence-corrected chi connectivity index (χ3v) is 5.42. The van der Waals surface area contributed by atoms with Gasteiger partial charge in [-0.1, -0.05) is 30.3 Å². The number of pyridine rings is 1. The Balaban J connectivity index is 1.51. The van der Waals surface area contributed by atoms with Crippen LogP contribution in [0.3, 0.4) is 0 Å². The Bertz CT molecular complexity index is 987. The largest absolute Gasteiger partial charge is 0.397 e. The molecule has 1 amide bonds. The number of nitrogen functional groups attached to an aromatic ring is 1. The molecule has 2 aromatic heterocycles. The number of benzene rings is 1. The molecule has 1 aromatic carbocycles. The van der Waals surface area contributed by atoms with Crippen LogP contribution in [-0.2, 0) is 6.42 Å². The van der Waals surface area contributed by atoms with Crippen LogP contribution in [-0.4, -0.2) is 34.0 Å². The van der Waals surface area contributed by atoms with Crippen molar-refractivity contribution in [3.8, 4) is 0 Å². The van der Waals surface area contributed by atoms with Gasteiger partial charge in [-0.05, 0) is 31.9 Å². The number of carbonyl (C=O) groups is 1. The molecular formula is C21H24N4O2. The number of para-hydroxylation sites is 1. The molecule has 3 aromatic rings. The van der Waals surface area contributed by atoms with Crippen LogP contribution in [0, 0.1) is 6.92 Å². The van der Waals surface area contributed by atoms with Crippen molar-refractivity contribution in [1.82, 2.24) is 15.0 Å². The summed E-state index contributed by atoms with van der Waals surface area (Å²) in [7, 11) is 0. The highest BCUT2D eigenvalue weighted by Gasteiger charge is 2.30. The van der Waals surface area contributed by atoms with Gasteiger partial charge < -0.3 is 15.2 Å². The summed E-state index contributed by atoms with van der Waals surface area (Å²) >= 11 is 0. The first-order valence-corrected chi connectivity index (χ1v) is 9.48. The lowest BCUT2D eigenvalue weighted by Crippen LogP contribution is -2.38. The first-order valence-electron chi connectivity index (χ1n) is 9.48. The number of likely N-dealkylation sites (tertiary alicyclic amines) is 1. The van der Waals surface area contributed by atoms with Crippen molar-refractivity contribution in [1.29, 1.82) is 0 Å². The molecule has 0 unspecified atom stereocenters. The number of amides is 1. The molecule has 0 bridgehead atoms. The van der Waals surface area contributed by atoms with E-state index in [0.29, 0.717) is 36.5 Å². The molecule has 140 valence electrons. The van der Waals surface area contributed by atoms with E-state index in [-0.39, 0.29) is 11.8 Å². The number of piperidine rings is 1. The van der Waals surface area contributed by atoms with Gasteiger partial charge in [0.05, 0.1) is 22.6 Å². The third-order valence-electron chi connectivity index (χ3n) is 5.42. The number of nitrogens with two attached hydrogens (primary N) is 1. The molecular weight excluding hydrogens is 340 g/mol. The average molecular weight is 364 g/mol. The number of fused-ring (bicyclic) bond motifs is 1. The number of aryl methyl sites for hydroxylation is 2. The normalized spacial score (nSPS) is 15.4. The smallest absolute Gasteiger partial charge is 0.259 e. The van der Waals surface area contributed by atoms with Gasteiger partial charge in [-0.15, -0.1) is 0 Å². The summed E-state index contributed by atoms with van der Waals surface area (Å²) in [5, 5.41) is 5.01. The van der Waals surface area contributed by atoms with Gasteiger partial charge in [-0.2, -0.15) is 0 Å². The lowest BCUT2D eigenvalue weighted by Gasteiger charge is -2.32. The Morgan fingerprint density at radius 2 is 2.04 bits per heavy atom. The van der Waals surface area contributed by atoms with Crippen LogP contribution in [0.4, 0.5) is 5.69 Å². The predicted octanol–water partition coefficient (Wildman–Crippen LogP) is 3.70. The number of hydrogen-bond donors (Lipinski definition) is 1. The quantitative estimate of drug-likeness (QED) is 0.766. The average Bonchev–Trinajstić information content (AvgIpc) is 3.07. The summed E-state index contributed by atoms with van der Waals surface area (Å²) < 4.78 is 5.28. The van der Waals surface area contributed by atoms with E-state index in [4.69, 9.17) is 15.2 Å². The molecule has 6 heteroatoms. The molecule has 1 saturated heterocycles. The van der Waals surface area contributed by atoms with Gasteiger partial charge in [0.25, 0.3) is 5.91 Å². The van der Waals surface area contributed by atoms with Gasteiger partial charge in [0.15, 0.2) is 0 Å². The lowest BCUT2D eigenvalue weighted by molar-refractivity contribution is 0.0709. The fourth-order valence-electron chi connectivity index (χ4n) is 3.92. The number of aromatic nitrogens is 2. The van der Waals surface area contributed by atoms with E-state index in [1.807, 2.05) is 49.1 Å². The Hall–Kier alpha value is -2.89. The van der Waals surface area contributed by atoms with E-state index in [2.05, 4.69) is 5.16 Å². The van der Waals surface area contributed by atoms with Crippen LogP contribution in [0.15, 0.2) is 34.9 Å². The topological polar surface area (TPSA) is 85.2 Å². The number of hydrogen-bond acceptors (Lipinski definition) is 5. The Labute approximate surface area is 158 Å². The van der Waals surface area contributed by atoms with Crippen molar-refractivity contribution in [2.24, 2.45) is 0 Å². The van der Waals surface area contributed by atoms with E-state index in [9.17, 15) is 4.79 Å². The first kappa shape index (κ1) is 17.5. The summed E-state index contributed by atoms with van der Waals surface area (Å²) in [5.74, 6) is 0.955. The molecule has 4 rings (SSSR count). The van der Waals surface area contributed by atoms with Crippen molar-refractivity contribution in [3.63, 3.8) is 0 Å². The molecule has 0 aliphatic carbocycles. The summed E-state index contributed by atoms with van der Waals surface area (Å²) in [4.78, 5) is 19.6. The number of rotatable bonds is 3. The predicted molar refractivity (Wildman–Crippen MR) is 105 cm³/mol. The SMILES string of the molecule is CCc1onc(C)c1C(=O)N1CCC(c2nc3ccccc3cc2N)CC1. The zero-order valence-electron chi connectivity index (χ0n) is 15.7. The second kappa shape index (κ2) is 7.02. The van der Waals surface area contributed by atoms with Gasteiger partial charge in [0.1, 0.15) is 11.3 Å². The number of anilines is 1. The zero-order valence-corrected chi connectivity index (χ0v) is 15.7. The van der Waals surface area contributed by atoms with Gasteiger partial charge in [-0.25, -0.2) is 0 Å². The van der Waals surface area contributed by atoms with Crippen LogP contribution in [0.1, 0.15) is 53.2 Å². The van der Waals surface area contributed by atoms with Crippen LogP contribution in [0.2, 0.25) is 0 Å². The van der Waals surface area contributed by atoms with Crippen molar-refractivity contribution < 1.29 is 9.32 Å². The van der Waals surface area contributed by atoms with Crippen molar-refractivity contribution in [3.05, 3.63) is 53.0 Å². The Morgan fingerprint density at radius 1 is 1.30 bits per heavy atom. The van der Waals surface area contributed by atoms with E-state index in [0.717, 1.165) is 35.1 Å². The molecule has 0 radical (unpaired) electrons. The molecule has 2 N–H and O–H groups in total. The highest BCUT2D eigenvalue weighted by molar-refractivity contribution is 5.96. The van der Waals surface area contributed by atoms with E-state index < -0.39 is 0 Å². The minimum absolute atomic E-state index is 0.0171. The van der Waals surface area contributed by atoms with E-state index in [1.165, 1.54) is 0 Å². The molecule has 3 heterocycles. The molecule has 0 spiro atoms. The first-order chi connectivity index (χ1) is 13.1. The number of nitrogens with zero attached hydrogens (tertiary/aromatic N) is 3. The minimum Gasteiger partial charge on any atom is -0.397 e. The molecule has 6 nitrogen and oxygen atoms in total. The summed E-state index contributed by atoms with van der Waals surface area (Å²) in [6, 6.07) is 10.0. The Kier molecular flexibility index (Phi) is 4.56. The summed E-state index contributed by atoms with van der Waals surface area (Å²) in [6.07, 6.45) is 2.37. The van der Waals surface area contributed by atoms with Crippen LogP contribution in [0.25, 0.3) is 10.9 Å². The van der Waals surface area contributed by atoms with Gasteiger partial charge in [-0.3, -0.25) is 9.78 Å². The zero-order chi connectivity index (χ0) is 19.0. The molecule has 1 aliphatic rings. The summed E-state index contributed by atoms with van der Waals surface area (Å²) in [5.41, 5.74) is 10.2. The van der Waals surface area contributed by atoms with Gasteiger partial charge in [0.2, 0.25) is 0 Å². The minimum atomic E-state index is 0.0171.